The van der Waals surface area contributed by atoms with E-state index in [2.05, 4.69) is 5.32 Å². The van der Waals surface area contributed by atoms with Gasteiger partial charge in [0.05, 0.1) is 4.92 Å². The minimum absolute atomic E-state index is 0.181. The van der Waals surface area contributed by atoms with E-state index in [0.717, 1.165) is 12.1 Å². The van der Waals surface area contributed by atoms with Gasteiger partial charge in [0.25, 0.3) is 5.69 Å². The van der Waals surface area contributed by atoms with Crippen LogP contribution in [0.3, 0.4) is 0 Å². The van der Waals surface area contributed by atoms with Crippen molar-refractivity contribution in [1.82, 2.24) is 5.32 Å². The maximum Gasteiger partial charge on any atom is 0.330 e. The molecule has 1 aromatic carbocycles. The number of nitrogens with two attached hydrogens (primary N) is 1. The Bertz CT molecular complexity index is 569. The highest BCUT2D eigenvalue weighted by atomic mass is 16.6. The smallest absolute Gasteiger partial charge is 0.330 e. The fraction of sp³-hybridized carbons (Fsp3) is 0.250. The SMILES string of the molecule is NC(=O)CCC(=O)NC(C(=O)O)c1ccc([N+](=O)[O-])cc1. The summed E-state index contributed by atoms with van der Waals surface area (Å²) in [4.78, 5) is 43.1. The van der Waals surface area contributed by atoms with Crippen molar-refractivity contribution in [3.8, 4) is 0 Å². The lowest BCUT2D eigenvalue weighted by Gasteiger charge is -2.14. The zero-order chi connectivity index (χ0) is 16.0. The topological polar surface area (TPSA) is 153 Å². The number of hydrogen-bond acceptors (Lipinski definition) is 5. The number of carboxylic acid groups (broad SMARTS) is 1. The van der Waals surface area contributed by atoms with E-state index in [9.17, 15) is 24.5 Å². The number of hydrogen-bond donors (Lipinski definition) is 3. The quantitative estimate of drug-likeness (QED) is 0.479. The Balaban J connectivity index is 2.82. The molecule has 9 heteroatoms. The van der Waals surface area contributed by atoms with Crippen LogP contribution in [0.15, 0.2) is 24.3 Å². The van der Waals surface area contributed by atoms with Crippen molar-refractivity contribution in [3.05, 3.63) is 39.9 Å². The standard InChI is InChI=1S/C12H13N3O6/c13-9(16)5-6-10(17)14-11(12(18)19)7-1-3-8(4-2-7)15(20)21/h1-4,11H,5-6H2,(H2,13,16)(H,14,17)(H,18,19). The molecule has 0 spiro atoms. The molecule has 1 aromatic rings. The van der Waals surface area contributed by atoms with Crippen LogP contribution in [0.1, 0.15) is 24.4 Å². The molecule has 0 heterocycles. The maximum atomic E-state index is 11.5. The van der Waals surface area contributed by atoms with Gasteiger partial charge < -0.3 is 16.2 Å². The number of aliphatic carboxylic acids is 1. The Morgan fingerprint density at radius 3 is 2.24 bits per heavy atom. The molecule has 112 valence electrons. The predicted octanol–water partition coefficient (Wildman–Crippen LogP) is 0.102. The van der Waals surface area contributed by atoms with Gasteiger partial charge in [-0.2, -0.15) is 0 Å². The van der Waals surface area contributed by atoms with Gasteiger partial charge in [-0.15, -0.1) is 0 Å². The van der Waals surface area contributed by atoms with Gasteiger partial charge in [0.15, 0.2) is 6.04 Å². The zero-order valence-corrected chi connectivity index (χ0v) is 10.8. The van der Waals surface area contributed by atoms with Crippen LogP contribution in [0.5, 0.6) is 0 Å². The highest BCUT2D eigenvalue weighted by molar-refractivity contribution is 5.87. The molecule has 0 saturated carbocycles. The van der Waals surface area contributed by atoms with Crippen molar-refractivity contribution in [2.24, 2.45) is 5.73 Å². The van der Waals surface area contributed by atoms with E-state index in [1.807, 2.05) is 0 Å². The second-order valence-electron chi connectivity index (χ2n) is 4.15. The van der Waals surface area contributed by atoms with Crippen molar-refractivity contribution < 1.29 is 24.4 Å². The lowest BCUT2D eigenvalue weighted by molar-refractivity contribution is -0.384. The molecule has 9 nitrogen and oxygen atoms in total. The summed E-state index contributed by atoms with van der Waals surface area (Å²) >= 11 is 0. The van der Waals surface area contributed by atoms with Crippen LogP contribution in [-0.4, -0.2) is 27.8 Å². The van der Waals surface area contributed by atoms with Crippen LogP contribution in [0, 0.1) is 10.1 Å². The Hall–Kier alpha value is -2.97. The Labute approximate surface area is 118 Å². The average Bonchev–Trinajstić information content (AvgIpc) is 2.42. The number of nitro groups is 1. The van der Waals surface area contributed by atoms with Crippen LogP contribution >= 0.6 is 0 Å². The zero-order valence-electron chi connectivity index (χ0n) is 10.8. The first-order chi connectivity index (χ1) is 9.81. The number of primary amides is 1. The molecule has 0 radical (unpaired) electrons. The molecule has 0 fully saturated rings. The van der Waals surface area contributed by atoms with Crippen molar-refractivity contribution >= 4 is 23.5 Å². The van der Waals surface area contributed by atoms with E-state index in [0.29, 0.717) is 0 Å². The van der Waals surface area contributed by atoms with Gasteiger partial charge in [0, 0.05) is 25.0 Å². The molecular formula is C12H13N3O6. The Morgan fingerprint density at radius 2 is 1.81 bits per heavy atom. The van der Waals surface area contributed by atoms with Gasteiger partial charge in [-0.05, 0) is 17.7 Å². The van der Waals surface area contributed by atoms with Crippen LogP contribution in [0.25, 0.3) is 0 Å². The number of rotatable bonds is 7. The lowest BCUT2D eigenvalue weighted by atomic mass is 10.1. The number of carboxylic acids is 1. The van der Waals surface area contributed by atoms with Crippen molar-refractivity contribution in [1.29, 1.82) is 0 Å². The number of amides is 2. The van der Waals surface area contributed by atoms with E-state index in [4.69, 9.17) is 10.8 Å². The van der Waals surface area contributed by atoms with E-state index in [1.54, 1.807) is 0 Å². The fourth-order valence-corrected chi connectivity index (χ4v) is 1.55. The normalized spacial score (nSPS) is 11.4. The maximum absolute atomic E-state index is 11.5. The van der Waals surface area contributed by atoms with Gasteiger partial charge in [-0.1, -0.05) is 0 Å². The number of nitrogens with one attached hydrogen (secondary N) is 1. The predicted molar refractivity (Wildman–Crippen MR) is 70.0 cm³/mol. The number of nitro benzene ring substituents is 1. The first-order valence-corrected chi connectivity index (χ1v) is 5.86. The number of non-ortho nitro benzene ring substituents is 1. The van der Waals surface area contributed by atoms with Gasteiger partial charge in [0.2, 0.25) is 11.8 Å². The number of carbonyl (C=O) groups excluding carboxylic acids is 2. The molecule has 0 aromatic heterocycles. The second kappa shape index (κ2) is 6.98. The van der Waals surface area contributed by atoms with Gasteiger partial charge in [-0.25, -0.2) is 4.79 Å². The van der Waals surface area contributed by atoms with E-state index in [-0.39, 0.29) is 24.1 Å². The summed E-state index contributed by atoms with van der Waals surface area (Å²) in [5, 5.41) is 21.8. The van der Waals surface area contributed by atoms with E-state index in [1.165, 1.54) is 12.1 Å². The highest BCUT2D eigenvalue weighted by Gasteiger charge is 2.22. The van der Waals surface area contributed by atoms with Gasteiger partial charge in [0.1, 0.15) is 0 Å². The Morgan fingerprint density at radius 1 is 1.24 bits per heavy atom. The summed E-state index contributed by atoms with van der Waals surface area (Å²) in [6, 6.07) is 3.41. The van der Waals surface area contributed by atoms with Crippen LogP contribution < -0.4 is 11.1 Å². The molecule has 0 aliphatic heterocycles. The minimum Gasteiger partial charge on any atom is -0.479 e. The number of carbonyl (C=O) groups is 3. The molecule has 0 aliphatic rings. The Kier molecular flexibility index (Phi) is 5.35. The summed E-state index contributed by atoms with van der Waals surface area (Å²) in [5.74, 6) is -2.65. The van der Waals surface area contributed by atoms with E-state index < -0.39 is 28.7 Å². The number of benzene rings is 1. The largest absolute Gasteiger partial charge is 0.479 e. The lowest BCUT2D eigenvalue weighted by Crippen LogP contribution is -2.34. The third-order valence-corrected chi connectivity index (χ3v) is 2.59. The highest BCUT2D eigenvalue weighted by Crippen LogP contribution is 2.18. The molecule has 2 amide bonds. The van der Waals surface area contributed by atoms with Crippen molar-refractivity contribution in [2.45, 2.75) is 18.9 Å². The van der Waals surface area contributed by atoms with Crippen LogP contribution in [0.4, 0.5) is 5.69 Å². The molecule has 0 aliphatic carbocycles. The summed E-state index contributed by atoms with van der Waals surface area (Å²) in [7, 11) is 0. The average molecular weight is 295 g/mol. The third-order valence-electron chi connectivity index (χ3n) is 2.59. The number of nitrogens with zero attached hydrogens (tertiary/aromatic N) is 1. The second-order valence-corrected chi connectivity index (χ2v) is 4.15. The summed E-state index contributed by atoms with van der Waals surface area (Å²) < 4.78 is 0. The molecule has 21 heavy (non-hydrogen) atoms. The molecule has 4 N–H and O–H groups in total. The molecule has 1 atom stereocenters. The summed E-state index contributed by atoms with van der Waals surface area (Å²) in [5.41, 5.74) is 4.88. The summed E-state index contributed by atoms with van der Waals surface area (Å²) in [6.07, 6.45) is -0.426. The first kappa shape index (κ1) is 16.1. The van der Waals surface area contributed by atoms with Gasteiger partial charge in [-0.3, -0.25) is 19.7 Å². The molecular weight excluding hydrogens is 282 g/mol. The molecule has 1 rings (SSSR count). The van der Waals surface area contributed by atoms with Crippen molar-refractivity contribution in [2.75, 3.05) is 0 Å². The first-order valence-electron chi connectivity index (χ1n) is 5.86. The third kappa shape index (κ3) is 4.90. The van der Waals surface area contributed by atoms with Crippen LogP contribution in [0.2, 0.25) is 0 Å². The van der Waals surface area contributed by atoms with E-state index >= 15 is 0 Å². The summed E-state index contributed by atoms with van der Waals surface area (Å²) in [6.45, 7) is 0. The molecule has 0 bridgehead atoms. The van der Waals surface area contributed by atoms with Crippen molar-refractivity contribution in [3.63, 3.8) is 0 Å². The van der Waals surface area contributed by atoms with Gasteiger partial charge >= 0.3 is 5.97 Å². The molecule has 0 saturated heterocycles. The minimum atomic E-state index is -1.36. The monoisotopic (exact) mass is 295 g/mol. The fourth-order valence-electron chi connectivity index (χ4n) is 1.55. The molecule has 1 unspecified atom stereocenters. The van der Waals surface area contributed by atoms with Crippen LogP contribution in [-0.2, 0) is 14.4 Å².